The zero-order valence-corrected chi connectivity index (χ0v) is 11.9. The van der Waals surface area contributed by atoms with E-state index < -0.39 is 11.7 Å². The largest absolute Gasteiger partial charge is 0.442 e. The third kappa shape index (κ3) is 6.12. The van der Waals surface area contributed by atoms with Crippen molar-refractivity contribution in [3.8, 4) is 0 Å². The lowest BCUT2D eigenvalue weighted by Gasteiger charge is -2.19. The van der Waals surface area contributed by atoms with Gasteiger partial charge in [-0.05, 0) is 32.9 Å². The molecule has 7 heteroatoms. The molecular formula is C12H17N3O3S. The Hall–Kier alpha value is -1.73. The molecule has 104 valence electrons. The van der Waals surface area contributed by atoms with Crippen molar-refractivity contribution in [2.75, 3.05) is 0 Å². The number of aromatic nitrogens is 1. The van der Waals surface area contributed by atoms with Crippen molar-refractivity contribution < 1.29 is 14.4 Å². The topological polar surface area (TPSA) is 86.5 Å². The minimum absolute atomic E-state index is 0.122. The molecule has 1 heterocycles. The molecule has 0 aromatic carbocycles. The molecule has 0 aliphatic rings. The smallest absolute Gasteiger partial charge is 0.431 e. The number of amides is 1. The number of rotatable bonds is 4. The maximum Gasteiger partial charge on any atom is 0.431 e. The summed E-state index contributed by atoms with van der Waals surface area (Å²) in [6, 6.07) is 3.45. The van der Waals surface area contributed by atoms with Gasteiger partial charge in [-0.15, -0.1) is 0 Å². The molecular weight excluding hydrogens is 266 g/mol. The molecule has 0 saturated carbocycles. The van der Waals surface area contributed by atoms with Gasteiger partial charge in [0.2, 0.25) is 0 Å². The first-order valence-electron chi connectivity index (χ1n) is 5.63. The Kier molecular flexibility index (Phi) is 5.20. The number of hydroxylamine groups is 1. The van der Waals surface area contributed by atoms with E-state index in [9.17, 15) is 4.79 Å². The van der Waals surface area contributed by atoms with E-state index in [0.29, 0.717) is 11.3 Å². The molecule has 0 aliphatic heterocycles. The van der Waals surface area contributed by atoms with Gasteiger partial charge in [0.15, 0.2) is 0 Å². The van der Waals surface area contributed by atoms with Crippen molar-refractivity contribution in [1.82, 2.24) is 10.5 Å². The van der Waals surface area contributed by atoms with E-state index in [4.69, 9.17) is 27.5 Å². The van der Waals surface area contributed by atoms with Gasteiger partial charge in [-0.2, -0.15) is 5.48 Å². The fraction of sp³-hybridized carbons (Fsp3) is 0.417. The van der Waals surface area contributed by atoms with Gasteiger partial charge in [-0.25, -0.2) is 4.79 Å². The lowest BCUT2D eigenvalue weighted by Crippen LogP contribution is -2.32. The number of pyridine rings is 1. The summed E-state index contributed by atoms with van der Waals surface area (Å²) in [7, 11) is 0. The number of nitrogens with zero attached hydrogens (tertiary/aromatic N) is 1. The van der Waals surface area contributed by atoms with Crippen LogP contribution in [0.1, 0.15) is 32.0 Å². The van der Waals surface area contributed by atoms with Gasteiger partial charge in [0, 0.05) is 11.8 Å². The quantitative estimate of drug-likeness (QED) is 0.645. The van der Waals surface area contributed by atoms with Crippen LogP contribution in [0.5, 0.6) is 0 Å². The van der Waals surface area contributed by atoms with E-state index in [2.05, 4.69) is 10.5 Å². The molecule has 0 unspecified atom stereocenters. The number of nitrogens with two attached hydrogens (primary N) is 1. The molecule has 0 aliphatic carbocycles. The summed E-state index contributed by atoms with van der Waals surface area (Å²) in [5.74, 6) is 0. The summed E-state index contributed by atoms with van der Waals surface area (Å²) in [5.41, 5.74) is 8.37. The summed E-state index contributed by atoms with van der Waals surface area (Å²) in [4.78, 5) is 20.6. The van der Waals surface area contributed by atoms with Crippen molar-refractivity contribution in [1.29, 1.82) is 0 Å². The highest BCUT2D eigenvalue weighted by Crippen LogP contribution is 2.06. The molecule has 0 fully saturated rings. The number of ether oxygens (including phenoxy) is 1. The Labute approximate surface area is 117 Å². The lowest BCUT2D eigenvalue weighted by atomic mass is 10.2. The van der Waals surface area contributed by atoms with Crippen LogP contribution in [0, 0.1) is 0 Å². The average molecular weight is 283 g/mol. The van der Waals surface area contributed by atoms with E-state index in [-0.39, 0.29) is 11.6 Å². The zero-order chi connectivity index (χ0) is 14.5. The maximum atomic E-state index is 11.3. The van der Waals surface area contributed by atoms with Crippen LogP contribution in [-0.4, -0.2) is 21.7 Å². The Morgan fingerprint density at radius 3 is 2.63 bits per heavy atom. The zero-order valence-electron chi connectivity index (χ0n) is 11.1. The van der Waals surface area contributed by atoms with E-state index in [1.165, 1.54) is 0 Å². The van der Waals surface area contributed by atoms with Crippen LogP contribution in [0.15, 0.2) is 18.3 Å². The van der Waals surface area contributed by atoms with E-state index in [0.717, 1.165) is 0 Å². The molecule has 0 atom stereocenters. The number of nitrogens with one attached hydrogen (secondary N) is 1. The fourth-order valence-corrected chi connectivity index (χ4v) is 1.24. The summed E-state index contributed by atoms with van der Waals surface area (Å²) in [5, 5.41) is 0. The molecule has 1 amide bonds. The SMILES string of the molecule is CC(C)(C)OC(=O)NOCc1ccc(C(N)=S)cn1. The third-order valence-electron chi connectivity index (χ3n) is 1.88. The van der Waals surface area contributed by atoms with E-state index in [1.807, 2.05) is 0 Å². The Morgan fingerprint density at radius 1 is 1.47 bits per heavy atom. The number of carbonyl (C=O) groups is 1. The van der Waals surface area contributed by atoms with Crippen LogP contribution in [0.2, 0.25) is 0 Å². The minimum atomic E-state index is -0.646. The summed E-state index contributed by atoms with van der Waals surface area (Å²) in [6.07, 6.45) is 0.904. The maximum absolute atomic E-state index is 11.3. The molecule has 19 heavy (non-hydrogen) atoms. The molecule has 0 spiro atoms. The molecule has 0 radical (unpaired) electrons. The second-order valence-corrected chi connectivity index (χ2v) is 5.23. The molecule has 1 aromatic heterocycles. The van der Waals surface area contributed by atoms with Gasteiger partial charge < -0.3 is 10.5 Å². The van der Waals surface area contributed by atoms with E-state index in [1.54, 1.807) is 39.1 Å². The summed E-state index contributed by atoms with van der Waals surface area (Å²) < 4.78 is 5.00. The van der Waals surface area contributed by atoms with E-state index >= 15 is 0 Å². The summed E-state index contributed by atoms with van der Waals surface area (Å²) in [6.45, 7) is 5.42. The average Bonchev–Trinajstić information content (AvgIpc) is 2.27. The predicted molar refractivity (Wildman–Crippen MR) is 74.3 cm³/mol. The summed E-state index contributed by atoms with van der Waals surface area (Å²) >= 11 is 4.81. The molecule has 0 saturated heterocycles. The normalized spacial score (nSPS) is 10.9. The van der Waals surface area contributed by atoms with Gasteiger partial charge in [-0.1, -0.05) is 12.2 Å². The molecule has 3 N–H and O–H groups in total. The Balaban J connectivity index is 2.37. The van der Waals surface area contributed by atoms with Crippen LogP contribution in [0.4, 0.5) is 4.79 Å². The van der Waals surface area contributed by atoms with Gasteiger partial charge in [0.25, 0.3) is 0 Å². The first-order chi connectivity index (χ1) is 8.78. The van der Waals surface area contributed by atoms with Crippen LogP contribution < -0.4 is 11.2 Å². The van der Waals surface area contributed by atoms with Gasteiger partial charge >= 0.3 is 6.09 Å². The standard InChI is InChI=1S/C12H17N3O3S/c1-12(2,3)18-11(16)15-17-7-9-5-4-8(6-14-9)10(13)19/h4-6H,7H2,1-3H3,(H2,13,19)(H,15,16). The molecule has 0 bridgehead atoms. The van der Waals surface area contributed by atoms with Crippen LogP contribution in [0.3, 0.4) is 0 Å². The fourth-order valence-electron chi connectivity index (χ4n) is 1.12. The lowest BCUT2D eigenvalue weighted by molar-refractivity contribution is -0.0144. The number of carbonyl (C=O) groups excluding carboxylic acids is 1. The monoisotopic (exact) mass is 283 g/mol. The van der Waals surface area contributed by atoms with Crippen molar-refractivity contribution in [3.05, 3.63) is 29.6 Å². The van der Waals surface area contributed by atoms with Crippen molar-refractivity contribution >= 4 is 23.3 Å². The first kappa shape index (κ1) is 15.3. The molecule has 1 aromatic rings. The number of hydrogen-bond acceptors (Lipinski definition) is 5. The van der Waals surface area contributed by atoms with Gasteiger partial charge in [0.05, 0.1) is 5.69 Å². The highest BCUT2D eigenvalue weighted by molar-refractivity contribution is 7.80. The highest BCUT2D eigenvalue weighted by atomic mass is 32.1. The van der Waals surface area contributed by atoms with Crippen LogP contribution >= 0.6 is 12.2 Å². The van der Waals surface area contributed by atoms with Crippen LogP contribution in [0.25, 0.3) is 0 Å². The minimum Gasteiger partial charge on any atom is -0.442 e. The third-order valence-corrected chi connectivity index (χ3v) is 2.12. The second kappa shape index (κ2) is 6.44. The number of hydrogen-bond donors (Lipinski definition) is 2. The Bertz CT molecular complexity index is 454. The van der Waals surface area contributed by atoms with Gasteiger partial charge in [0.1, 0.15) is 17.2 Å². The van der Waals surface area contributed by atoms with Crippen molar-refractivity contribution in [2.24, 2.45) is 5.73 Å². The van der Waals surface area contributed by atoms with Crippen LogP contribution in [-0.2, 0) is 16.2 Å². The van der Waals surface area contributed by atoms with Gasteiger partial charge in [-0.3, -0.25) is 9.82 Å². The van der Waals surface area contributed by atoms with Crippen molar-refractivity contribution in [3.63, 3.8) is 0 Å². The molecule has 6 nitrogen and oxygen atoms in total. The first-order valence-corrected chi connectivity index (χ1v) is 6.04. The Morgan fingerprint density at radius 2 is 2.16 bits per heavy atom. The second-order valence-electron chi connectivity index (χ2n) is 4.80. The predicted octanol–water partition coefficient (Wildman–Crippen LogP) is 1.67. The van der Waals surface area contributed by atoms with Crippen molar-refractivity contribution in [2.45, 2.75) is 33.0 Å². The number of thiocarbonyl (C=S) groups is 1. The highest BCUT2D eigenvalue weighted by Gasteiger charge is 2.15. The molecule has 1 rings (SSSR count).